The molecule has 3 rings (SSSR count). The van der Waals surface area contributed by atoms with Crippen LogP contribution >= 0.6 is 0 Å². The molecule has 0 amide bonds. The van der Waals surface area contributed by atoms with E-state index in [1.54, 1.807) is 7.11 Å². The second kappa shape index (κ2) is 5.39. The van der Waals surface area contributed by atoms with Gasteiger partial charge < -0.3 is 15.5 Å². The van der Waals surface area contributed by atoms with Crippen LogP contribution in [0.3, 0.4) is 0 Å². The number of fused-ring (bicyclic) bond motifs is 1. The van der Waals surface area contributed by atoms with Crippen molar-refractivity contribution in [1.29, 1.82) is 0 Å². The number of H-pyrrole nitrogens is 1. The summed E-state index contributed by atoms with van der Waals surface area (Å²) in [6.07, 6.45) is 2.95. The van der Waals surface area contributed by atoms with Crippen LogP contribution in [0.1, 0.15) is 5.56 Å². The Morgan fingerprint density at radius 2 is 2.00 bits per heavy atom. The number of nitrogens with one attached hydrogen (secondary N) is 1. The third-order valence-electron chi connectivity index (χ3n) is 3.60. The van der Waals surface area contributed by atoms with Crippen LogP contribution in [0.2, 0.25) is 0 Å². The third-order valence-corrected chi connectivity index (χ3v) is 3.60. The summed E-state index contributed by atoms with van der Waals surface area (Å²) in [5.74, 6) is 0.869. The van der Waals surface area contributed by atoms with Gasteiger partial charge in [-0.1, -0.05) is 30.3 Å². The molecule has 0 saturated carbocycles. The number of hydrogen-bond acceptors (Lipinski definition) is 2. The summed E-state index contributed by atoms with van der Waals surface area (Å²) in [5, 5.41) is 1.25. The summed E-state index contributed by atoms with van der Waals surface area (Å²) in [4.78, 5) is 3.38. The number of para-hydroxylation sites is 1. The Kier molecular flexibility index (Phi) is 3.44. The van der Waals surface area contributed by atoms with Gasteiger partial charge in [-0.15, -0.1) is 0 Å². The normalized spacial score (nSPS) is 10.9. The van der Waals surface area contributed by atoms with E-state index < -0.39 is 0 Å². The molecule has 3 heteroatoms. The lowest BCUT2D eigenvalue weighted by Crippen LogP contribution is -2.01. The van der Waals surface area contributed by atoms with E-state index in [9.17, 15) is 0 Å². The first-order valence-corrected chi connectivity index (χ1v) is 6.77. The average Bonchev–Trinajstić information content (AvgIpc) is 2.91. The number of methoxy groups -OCH3 is 1. The first-order chi connectivity index (χ1) is 9.83. The van der Waals surface area contributed by atoms with E-state index in [2.05, 4.69) is 41.5 Å². The van der Waals surface area contributed by atoms with Gasteiger partial charge in [0.05, 0.1) is 12.6 Å². The summed E-state index contributed by atoms with van der Waals surface area (Å²) in [6, 6.07) is 14.5. The molecule has 20 heavy (non-hydrogen) atoms. The van der Waals surface area contributed by atoms with Gasteiger partial charge in [0.15, 0.2) is 0 Å². The minimum absolute atomic E-state index is 0.663. The highest BCUT2D eigenvalue weighted by Gasteiger charge is 2.09. The molecule has 0 saturated heterocycles. The van der Waals surface area contributed by atoms with Crippen molar-refractivity contribution >= 4 is 10.9 Å². The van der Waals surface area contributed by atoms with Crippen molar-refractivity contribution in [2.75, 3.05) is 13.7 Å². The maximum atomic E-state index is 5.67. The van der Waals surface area contributed by atoms with Crippen molar-refractivity contribution in [2.24, 2.45) is 5.73 Å². The molecule has 0 unspecified atom stereocenters. The van der Waals surface area contributed by atoms with Gasteiger partial charge in [0.25, 0.3) is 0 Å². The summed E-state index contributed by atoms with van der Waals surface area (Å²) in [5.41, 5.74) is 10.4. The Morgan fingerprint density at radius 3 is 2.80 bits per heavy atom. The van der Waals surface area contributed by atoms with Crippen LogP contribution in [0.15, 0.2) is 48.7 Å². The highest BCUT2D eigenvalue weighted by Crippen LogP contribution is 2.31. The maximum Gasteiger partial charge on any atom is 0.119 e. The van der Waals surface area contributed by atoms with Gasteiger partial charge in [0.1, 0.15) is 5.75 Å². The van der Waals surface area contributed by atoms with Crippen molar-refractivity contribution in [3.63, 3.8) is 0 Å². The predicted molar refractivity (Wildman–Crippen MR) is 83.0 cm³/mol. The molecule has 0 aliphatic carbocycles. The van der Waals surface area contributed by atoms with Crippen LogP contribution in [0.5, 0.6) is 5.75 Å². The Hall–Kier alpha value is -2.26. The van der Waals surface area contributed by atoms with Crippen LogP contribution in [0.25, 0.3) is 22.0 Å². The zero-order valence-corrected chi connectivity index (χ0v) is 11.5. The second-order valence-electron chi connectivity index (χ2n) is 4.81. The molecule has 0 atom stereocenters. The Bertz CT molecular complexity index is 731. The molecular weight excluding hydrogens is 248 g/mol. The van der Waals surface area contributed by atoms with Gasteiger partial charge in [-0.25, -0.2) is 0 Å². The van der Waals surface area contributed by atoms with Gasteiger partial charge in [-0.3, -0.25) is 0 Å². The lowest BCUT2D eigenvalue weighted by atomic mass is 10.0. The average molecular weight is 266 g/mol. The van der Waals surface area contributed by atoms with E-state index in [1.165, 1.54) is 16.5 Å². The summed E-state index contributed by atoms with van der Waals surface area (Å²) in [7, 11) is 1.69. The lowest BCUT2D eigenvalue weighted by Gasteiger charge is -2.06. The van der Waals surface area contributed by atoms with E-state index in [0.717, 1.165) is 23.3 Å². The lowest BCUT2D eigenvalue weighted by molar-refractivity contribution is 0.415. The minimum atomic E-state index is 0.663. The Labute approximate surface area is 118 Å². The van der Waals surface area contributed by atoms with Crippen LogP contribution in [0.4, 0.5) is 0 Å². The smallest absolute Gasteiger partial charge is 0.119 e. The Balaban J connectivity index is 2.16. The molecule has 3 nitrogen and oxygen atoms in total. The Morgan fingerprint density at radius 1 is 1.15 bits per heavy atom. The van der Waals surface area contributed by atoms with Crippen molar-refractivity contribution in [1.82, 2.24) is 4.98 Å². The molecule has 3 N–H and O–H groups in total. The number of hydrogen-bond donors (Lipinski definition) is 2. The molecule has 1 aromatic heterocycles. The number of ether oxygens (including phenoxy) is 1. The van der Waals surface area contributed by atoms with Gasteiger partial charge in [0, 0.05) is 17.1 Å². The monoisotopic (exact) mass is 266 g/mol. The standard InChI is InChI=1S/C17H18N2O/c1-20-14-5-2-4-12(10-14)15-6-3-7-16-13(8-9-18)11-19-17(15)16/h2-7,10-11,19H,8-9,18H2,1H3. The van der Waals surface area contributed by atoms with Gasteiger partial charge in [-0.2, -0.15) is 0 Å². The molecule has 3 aromatic rings. The molecule has 0 aliphatic rings. The van der Waals surface area contributed by atoms with Crippen LogP contribution < -0.4 is 10.5 Å². The first-order valence-electron chi connectivity index (χ1n) is 6.77. The highest BCUT2D eigenvalue weighted by molar-refractivity contribution is 5.96. The molecular formula is C17H18N2O. The number of aromatic nitrogens is 1. The van der Waals surface area contributed by atoms with Crippen LogP contribution in [-0.4, -0.2) is 18.6 Å². The summed E-state index contributed by atoms with van der Waals surface area (Å²) >= 11 is 0. The van der Waals surface area contributed by atoms with E-state index in [1.807, 2.05) is 12.1 Å². The molecule has 0 radical (unpaired) electrons. The largest absolute Gasteiger partial charge is 0.497 e. The van der Waals surface area contributed by atoms with Crippen molar-refractivity contribution in [2.45, 2.75) is 6.42 Å². The predicted octanol–water partition coefficient (Wildman–Crippen LogP) is 3.34. The van der Waals surface area contributed by atoms with E-state index in [4.69, 9.17) is 10.5 Å². The second-order valence-corrected chi connectivity index (χ2v) is 4.81. The van der Waals surface area contributed by atoms with E-state index in [-0.39, 0.29) is 0 Å². The fraction of sp³-hybridized carbons (Fsp3) is 0.176. The fourth-order valence-corrected chi connectivity index (χ4v) is 2.61. The molecule has 0 aliphatic heterocycles. The van der Waals surface area contributed by atoms with Crippen molar-refractivity contribution in [3.8, 4) is 16.9 Å². The first kappa shape index (κ1) is 12.8. The maximum absolute atomic E-state index is 5.67. The zero-order chi connectivity index (χ0) is 13.9. The minimum Gasteiger partial charge on any atom is -0.497 e. The number of aromatic amines is 1. The van der Waals surface area contributed by atoms with Crippen molar-refractivity contribution < 1.29 is 4.74 Å². The molecule has 0 fully saturated rings. The van der Waals surface area contributed by atoms with E-state index in [0.29, 0.717) is 6.54 Å². The topological polar surface area (TPSA) is 51.0 Å². The number of benzene rings is 2. The molecule has 1 heterocycles. The molecule has 0 spiro atoms. The summed E-state index contributed by atoms with van der Waals surface area (Å²) in [6.45, 7) is 0.663. The van der Waals surface area contributed by atoms with Gasteiger partial charge in [-0.05, 0) is 36.2 Å². The quantitative estimate of drug-likeness (QED) is 0.761. The molecule has 2 aromatic carbocycles. The fourth-order valence-electron chi connectivity index (χ4n) is 2.61. The van der Waals surface area contributed by atoms with E-state index >= 15 is 0 Å². The SMILES string of the molecule is COc1cccc(-c2cccc3c(CCN)c[nH]c23)c1. The van der Waals surface area contributed by atoms with Crippen LogP contribution in [0, 0.1) is 0 Å². The molecule has 102 valence electrons. The molecule has 0 bridgehead atoms. The highest BCUT2D eigenvalue weighted by atomic mass is 16.5. The zero-order valence-electron chi connectivity index (χ0n) is 11.5. The third kappa shape index (κ3) is 2.17. The van der Waals surface area contributed by atoms with Gasteiger partial charge >= 0.3 is 0 Å². The van der Waals surface area contributed by atoms with Crippen molar-refractivity contribution in [3.05, 3.63) is 54.2 Å². The van der Waals surface area contributed by atoms with Gasteiger partial charge in [0.2, 0.25) is 0 Å². The number of nitrogens with two attached hydrogens (primary N) is 1. The van der Waals surface area contributed by atoms with Crippen LogP contribution in [-0.2, 0) is 6.42 Å². The number of rotatable bonds is 4. The summed E-state index contributed by atoms with van der Waals surface area (Å²) < 4.78 is 5.31.